The van der Waals surface area contributed by atoms with Gasteiger partial charge in [0.1, 0.15) is 5.54 Å². The van der Waals surface area contributed by atoms with Crippen LogP contribution in [0.1, 0.15) is 26.6 Å². The molecule has 0 spiro atoms. The standard InChI is InChI=1S/C16H21N7O/c1-11(2)16(4,10-17)19-15(24)9-18-13-6-5-7-14(8-13)23-12(3)20-21-22-23/h5-8,11,18H,9H2,1-4H3,(H,19,24)/t16-/m1/s1. The minimum Gasteiger partial charge on any atom is -0.376 e. The van der Waals surface area contributed by atoms with Crippen molar-refractivity contribution in [1.29, 1.82) is 5.26 Å². The van der Waals surface area contributed by atoms with Crippen molar-refractivity contribution in [2.24, 2.45) is 5.92 Å². The Morgan fingerprint density at radius 3 is 2.79 bits per heavy atom. The molecule has 1 atom stereocenters. The third kappa shape index (κ3) is 3.87. The van der Waals surface area contributed by atoms with Crippen molar-refractivity contribution in [3.05, 3.63) is 30.1 Å². The van der Waals surface area contributed by atoms with Crippen LogP contribution in [0.5, 0.6) is 0 Å². The predicted molar refractivity (Wildman–Crippen MR) is 89.4 cm³/mol. The van der Waals surface area contributed by atoms with Crippen molar-refractivity contribution in [3.8, 4) is 11.8 Å². The first-order valence-electron chi connectivity index (χ1n) is 7.67. The number of benzene rings is 1. The summed E-state index contributed by atoms with van der Waals surface area (Å²) in [6, 6.07) is 9.58. The molecule has 0 aliphatic carbocycles. The monoisotopic (exact) mass is 327 g/mol. The van der Waals surface area contributed by atoms with Gasteiger partial charge in [-0.1, -0.05) is 19.9 Å². The van der Waals surface area contributed by atoms with E-state index in [9.17, 15) is 10.1 Å². The van der Waals surface area contributed by atoms with Crippen LogP contribution in [-0.2, 0) is 4.79 Å². The molecule has 24 heavy (non-hydrogen) atoms. The summed E-state index contributed by atoms with van der Waals surface area (Å²) in [6.07, 6.45) is 0. The van der Waals surface area contributed by atoms with Gasteiger partial charge >= 0.3 is 0 Å². The SMILES string of the molecule is Cc1nnnn1-c1cccc(NCC(=O)N[C@](C)(C#N)C(C)C)c1. The van der Waals surface area contributed by atoms with Gasteiger partial charge < -0.3 is 10.6 Å². The summed E-state index contributed by atoms with van der Waals surface area (Å²) in [7, 11) is 0. The van der Waals surface area contributed by atoms with Crippen LogP contribution in [-0.4, -0.2) is 38.2 Å². The Morgan fingerprint density at radius 2 is 2.21 bits per heavy atom. The summed E-state index contributed by atoms with van der Waals surface area (Å²) < 4.78 is 1.61. The van der Waals surface area contributed by atoms with E-state index in [1.54, 1.807) is 11.6 Å². The number of nitriles is 1. The lowest BCUT2D eigenvalue weighted by Crippen LogP contribution is -2.50. The van der Waals surface area contributed by atoms with Gasteiger partial charge in [0, 0.05) is 5.69 Å². The third-order valence-corrected chi connectivity index (χ3v) is 3.96. The zero-order valence-corrected chi connectivity index (χ0v) is 14.2. The summed E-state index contributed by atoms with van der Waals surface area (Å²) in [6.45, 7) is 7.39. The van der Waals surface area contributed by atoms with Crippen molar-refractivity contribution in [3.63, 3.8) is 0 Å². The minimum absolute atomic E-state index is 0.0116. The number of carbonyl (C=O) groups is 1. The molecule has 126 valence electrons. The molecule has 0 aliphatic heterocycles. The predicted octanol–water partition coefficient (Wildman–Crippen LogP) is 1.44. The van der Waals surface area contributed by atoms with Crippen LogP contribution in [0.2, 0.25) is 0 Å². The molecule has 0 aliphatic rings. The highest BCUT2D eigenvalue weighted by molar-refractivity contribution is 5.82. The van der Waals surface area contributed by atoms with Gasteiger partial charge in [0.15, 0.2) is 5.82 Å². The maximum absolute atomic E-state index is 12.1. The molecule has 0 radical (unpaired) electrons. The number of hydrogen-bond acceptors (Lipinski definition) is 6. The van der Waals surface area contributed by atoms with E-state index in [1.165, 1.54) is 0 Å². The van der Waals surface area contributed by atoms with Crippen LogP contribution >= 0.6 is 0 Å². The molecule has 0 fully saturated rings. The van der Waals surface area contributed by atoms with Crippen LogP contribution < -0.4 is 10.6 Å². The average Bonchev–Trinajstić information content (AvgIpc) is 2.99. The average molecular weight is 327 g/mol. The lowest BCUT2D eigenvalue weighted by molar-refractivity contribution is -0.121. The summed E-state index contributed by atoms with van der Waals surface area (Å²) in [5.74, 6) is 0.445. The second-order valence-corrected chi connectivity index (χ2v) is 6.06. The first-order valence-corrected chi connectivity index (χ1v) is 7.67. The largest absolute Gasteiger partial charge is 0.376 e. The summed E-state index contributed by atoms with van der Waals surface area (Å²) in [4.78, 5) is 12.1. The number of nitrogens with one attached hydrogen (secondary N) is 2. The summed E-state index contributed by atoms with van der Waals surface area (Å²) >= 11 is 0. The van der Waals surface area contributed by atoms with Crippen molar-refractivity contribution in [2.75, 3.05) is 11.9 Å². The molecule has 0 unspecified atom stereocenters. The van der Waals surface area contributed by atoms with Crippen LogP contribution in [0.4, 0.5) is 5.69 Å². The van der Waals surface area contributed by atoms with E-state index in [0.717, 1.165) is 11.4 Å². The van der Waals surface area contributed by atoms with Crippen LogP contribution in [0.15, 0.2) is 24.3 Å². The van der Waals surface area contributed by atoms with Crippen molar-refractivity contribution < 1.29 is 4.79 Å². The number of anilines is 1. The lowest BCUT2D eigenvalue weighted by Gasteiger charge is -2.27. The van der Waals surface area contributed by atoms with E-state index in [-0.39, 0.29) is 18.4 Å². The molecule has 1 heterocycles. The molecule has 1 aromatic heterocycles. The van der Waals surface area contributed by atoms with Gasteiger partial charge in [-0.2, -0.15) is 9.94 Å². The Labute approximate surface area is 140 Å². The van der Waals surface area contributed by atoms with E-state index in [0.29, 0.717) is 5.82 Å². The topological polar surface area (TPSA) is 109 Å². The second kappa shape index (κ2) is 7.08. The van der Waals surface area contributed by atoms with Gasteiger partial charge in [0.05, 0.1) is 18.3 Å². The van der Waals surface area contributed by atoms with Gasteiger partial charge in [-0.15, -0.1) is 5.10 Å². The fourth-order valence-electron chi connectivity index (χ4n) is 2.04. The highest BCUT2D eigenvalue weighted by Crippen LogP contribution is 2.16. The van der Waals surface area contributed by atoms with E-state index in [1.807, 2.05) is 45.0 Å². The Bertz CT molecular complexity index is 762. The molecule has 1 aromatic carbocycles. The fourth-order valence-corrected chi connectivity index (χ4v) is 2.04. The minimum atomic E-state index is -0.885. The van der Waals surface area contributed by atoms with E-state index in [4.69, 9.17) is 0 Å². The van der Waals surface area contributed by atoms with E-state index in [2.05, 4.69) is 32.2 Å². The van der Waals surface area contributed by atoms with Crippen LogP contribution in [0.25, 0.3) is 5.69 Å². The highest BCUT2D eigenvalue weighted by atomic mass is 16.2. The number of hydrogen-bond donors (Lipinski definition) is 2. The number of tetrazole rings is 1. The summed E-state index contributed by atoms with van der Waals surface area (Å²) in [5.41, 5.74) is 0.678. The van der Waals surface area contributed by atoms with E-state index >= 15 is 0 Å². The first-order chi connectivity index (χ1) is 11.4. The van der Waals surface area contributed by atoms with Gasteiger partial charge in [0.25, 0.3) is 0 Å². The Balaban J connectivity index is 2.02. The number of rotatable bonds is 6. The smallest absolute Gasteiger partial charge is 0.240 e. The van der Waals surface area contributed by atoms with Gasteiger partial charge in [-0.05, 0) is 48.4 Å². The molecule has 8 nitrogen and oxygen atoms in total. The Hall–Kier alpha value is -2.95. The van der Waals surface area contributed by atoms with Gasteiger partial charge in [0.2, 0.25) is 5.91 Å². The number of aromatic nitrogens is 4. The van der Waals surface area contributed by atoms with Crippen molar-refractivity contribution in [1.82, 2.24) is 25.5 Å². The fraction of sp³-hybridized carbons (Fsp3) is 0.438. The van der Waals surface area contributed by atoms with Gasteiger partial charge in [-0.3, -0.25) is 4.79 Å². The molecule has 8 heteroatoms. The first kappa shape index (κ1) is 17.4. The highest BCUT2D eigenvalue weighted by Gasteiger charge is 2.29. The molecular weight excluding hydrogens is 306 g/mol. The Morgan fingerprint density at radius 1 is 1.46 bits per heavy atom. The molecule has 0 saturated heterocycles. The summed E-state index contributed by atoms with van der Waals surface area (Å²) in [5, 5.41) is 26.4. The number of carbonyl (C=O) groups excluding carboxylic acids is 1. The quantitative estimate of drug-likeness (QED) is 0.831. The van der Waals surface area contributed by atoms with E-state index < -0.39 is 5.54 Å². The van der Waals surface area contributed by atoms with Crippen LogP contribution in [0.3, 0.4) is 0 Å². The van der Waals surface area contributed by atoms with Crippen LogP contribution in [0, 0.1) is 24.2 Å². The maximum atomic E-state index is 12.1. The zero-order valence-electron chi connectivity index (χ0n) is 14.2. The molecule has 1 amide bonds. The number of aryl methyl sites for hydroxylation is 1. The van der Waals surface area contributed by atoms with Crippen molar-refractivity contribution in [2.45, 2.75) is 33.2 Å². The normalized spacial score (nSPS) is 13.2. The molecule has 2 rings (SSSR count). The number of amides is 1. The molecule has 0 bridgehead atoms. The molecule has 2 N–H and O–H groups in total. The van der Waals surface area contributed by atoms with Gasteiger partial charge in [-0.25, -0.2) is 0 Å². The number of nitrogens with zero attached hydrogens (tertiary/aromatic N) is 5. The third-order valence-electron chi connectivity index (χ3n) is 3.96. The zero-order chi connectivity index (χ0) is 17.7. The van der Waals surface area contributed by atoms with Crippen molar-refractivity contribution >= 4 is 11.6 Å². The molecular formula is C16H21N7O. The maximum Gasteiger partial charge on any atom is 0.240 e. The molecule has 0 saturated carbocycles. The lowest BCUT2D eigenvalue weighted by atomic mass is 9.90. The molecule has 2 aromatic rings. The second-order valence-electron chi connectivity index (χ2n) is 6.06. The Kier molecular flexibility index (Phi) is 5.14.